The summed E-state index contributed by atoms with van der Waals surface area (Å²) in [6.45, 7) is 3.98. The first-order valence-electron chi connectivity index (χ1n) is 7.42. The predicted octanol–water partition coefficient (Wildman–Crippen LogP) is 3.81. The van der Waals surface area contributed by atoms with Crippen LogP contribution in [-0.2, 0) is 9.59 Å². The Hall–Kier alpha value is -2.14. The molecule has 0 aliphatic carbocycles. The van der Waals surface area contributed by atoms with Crippen LogP contribution in [0.2, 0.25) is 0 Å². The highest BCUT2D eigenvalue weighted by atomic mass is 79.9. The van der Waals surface area contributed by atoms with E-state index in [1.165, 1.54) is 4.90 Å². The van der Waals surface area contributed by atoms with Crippen molar-refractivity contribution < 1.29 is 9.59 Å². The molecule has 1 atom stereocenters. The molecule has 1 fully saturated rings. The van der Waals surface area contributed by atoms with E-state index in [0.717, 1.165) is 21.3 Å². The molecule has 1 aliphatic heterocycles. The van der Waals surface area contributed by atoms with Crippen molar-refractivity contribution in [3.05, 3.63) is 58.1 Å². The summed E-state index contributed by atoms with van der Waals surface area (Å²) >= 11 is 3.35. The molecule has 5 heteroatoms. The summed E-state index contributed by atoms with van der Waals surface area (Å²) in [5.74, 6) is -0.390. The normalized spacial score (nSPS) is 17.7. The Morgan fingerprint density at radius 1 is 1.09 bits per heavy atom. The second kappa shape index (κ2) is 6.16. The second-order valence-corrected chi connectivity index (χ2v) is 6.68. The van der Waals surface area contributed by atoms with Gasteiger partial charge < -0.3 is 5.32 Å². The van der Waals surface area contributed by atoms with Gasteiger partial charge in [-0.05, 0) is 55.3 Å². The molecule has 1 N–H and O–H groups in total. The van der Waals surface area contributed by atoms with Crippen LogP contribution in [0.25, 0.3) is 0 Å². The van der Waals surface area contributed by atoms with Gasteiger partial charge >= 0.3 is 0 Å². The number of aryl methyl sites for hydroxylation is 2. The van der Waals surface area contributed by atoms with Gasteiger partial charge in [-0.2, -0.15) is 0 Å². The van der Waals surface area contributed by atoms with E-state index in [-0.39, 0.29) is 18.2 Å². The molecule has 2 aromatic carbocycles. The number of hydrogen-bond donors (Lipinski definition) is 1. The molecule has 0 bridgehead atoms. The average molecular weight is 373 g/mol. The van der Waals surface area contributed by atoms with Crippen LogP contribution in [0, 0.1) is 13.8 Å². The lowest BCUT2D eigenvalue weighted by Gasteiger charge is -2.17. The molecule has 1 heterocycles. The topological polar surface area (TPSA) is 49.4 Å². The largest absolute Gasteiger partial charge is 0.373 e. The number of nitrogens with zero attached hydrogens (tertiary/aromatic N) is 1. The lowest BCUT2D eigenvalue weighted by atomic mass is 10.1. The fraction of sp³-hybridized carbons (Fsp3) is 0.222. The summed E-state index contributed by atoms with van der Waals surface area (Å²) in [7, 11) is 0. The van der Waals surface area contributed by atoms with Crippen LogP contribution in [0.3, 0.4) is 0 Å². The summed E-state index contributed by atoms with van der Waals surface area (Å²) in [4.78, 5) is 26.2. The SMILES string of the molecule is Cc1ccc(C)c(N[C@@H]2CC(=O)N(c3ccc(Br)cc3)C2=O)c1. The molecule has 2 aromatic rings. The molecule has 0 unspecified atom stereocenters. The van der Waals surface area contributed by atoms with Gasteiger partial charge in [0.05, 0.1) is 12.1 Å². The van der Waals surface area contributed by atoms with E-state index in [4.69, 9.17) is 0 Å². The Bertz CT molecular complexity index is 771. The summed E-state index contributed by atoms with van der Waals surface area (Å²) < 4.78 is 0.908. The fourth-order valence-electron chi connectivity index (χ4n) is 2.69. The summed E-state index contributed by atoms with van der Waals surface area (Å²) in [5.41, 5.74) is 3.67. The molecular formula is C18H17BrN2O2. The van der Waals surface area contributed by atoms with E-state index in [9.17, 15) is 9.59 Å². The monoisotopic (exact) mass is 372 g/mol. The average Bonchev–Trinajstić information content (AvgIpc) is 2.79. The van der Waals surface area contributed by atoms with E-state index < -0.39 is 6.04 Å². The smallest absolute Gasteiger partial charge is 0.256 e. The lowest BCUT2D eigenvalue weighted by Crippen LogP contribution is -2.34. The number of benzene rings is 2. The van der Waals surface area contributed by atoms with Gasteiger partial charge in [0.15, 0.2) is 0 Å². The first-order chi connectivity index (χ1) is 11.0. The van der Waals surface area contributed by atoms with Crippen LogP contribution in [-0.4, -0.2) is 17.9 Å². The second-order valence-electron chi connectivity index (χ2n) is 5.76. The third-order valence-electron chi connectivity index (χ3n) is 3.95. The fourth-order valence-corrected chi connectivity index (χ4v) is 2.95. The number of carbonyl (C=O) groups excluding carboxylic acids is 2. The molecule has 0 radical (unpaired) electrons. The molecule has 4 nitrogen and oxygen atoms in total. The van der Waals surface area contributed by atoms with Crippen molar-refractivity contribution in [2.75, 3.05) is 10.2 Å². The molecule has 118 valence electrons. The summed E-state index contributed by atoms with van der Waals surface area (Å²) in [6.07, 6.45) is 0.169. The highest BCUT2D eigenvalue weighted by Crippen LogP contribution is 2.27. The van der Waals surface area contributed by atoms with Gasteiger partial charge in [0.2, 0.25) is 5.91 Å². The van der Waals surface area contributed by atoms with Crippen LogP contribution >= 0.6 is 15.9 Å². The van der Waals surface area contributed by atoms with Gasteiger partial charge in [0, 0.05) is 10.2 Å². The van der Waals surface area contributed by atoms with Crippen molar-refractivity contribution in [2.24, 2.45) is 0 Å². The Labute approximate surface area is 143 Å². The molecule has 0 aromatic heterocycles. The van der Waals surface area contributed by atoms with E-state index in [1.807, 2.05) is 44.2 Å². The Morgan fingerprint density at radius 3 is 2.48 bits per heavy atom. The number of carbonyl (C=O) groups is 2. The third-order valence-corrected chi connectivity index (χ3v) is 4.48. The molecule has 2 amide bonds. The lowest BCUT2D eigenvalue weighted by molar-refractivity contribution is -0.121. The molecule has 1 aliphatic rings. The number of anilines is 2. The van der Waals surface area contributed by atoms with Gasteiger partial charge in [-0.3, -0.25) is 9.59 Å². The minimum atomic E-state index is -0.522. The van der Waals surface area contributed by atoms with Crippen LogP contribution in [0.1, 0.15) is 17.5 Å². The van der Waals surface area contributed by atoms with Gasteiger partial charge in [0.1, 0.15) is 6.04 Å². The number of hydrogen-bond acceptors (Lipinski definition) is 3. The van der Waals surface area contributed by atoms with E-state index in [0.29, 0.717) is 5.69 Å². The number of halogens is 1. The quantitative estimate of drug-likeness (QED) is 0.833. The van der Waals surface area contributed by atoms with Gasteiger partial charge in [-0.25, -0.2) is 4.90 Å². The van der Waals surface area contributed by atoms with Crippen LogP contribution < -0.4 is 10.2 Å². The highest BCUT2D eigenvalue weighted by Gasteiger charge is 2.39. The predicted molar refractivity (Wildman–Crippen MR) is 94.6 cm³/mol. The standard InChI is InChI=1S/C18H17BrN2O2/c1-11-3-4-12(2)15(9-11)20-16-10-17(22)21(18(16)23)14-7-5-13(19)6-8-14/h3-9,16,20H,10H2,1-2H3/t16-/m1/s1. The molecular weight excluding hydrogens is 356 g/mol. The minimum absolute atomic E-state index is 0.169. The first-order valence-corrected chi connectivity index (χ1v) is 8.21. The van der Waals surface area contributed by atoms with Crippen molar-refractivity contribution in [2.45, 2.75) is 26.3 Å². The highest BCUT2D eigenvalue weighted by molar-refractivity contribution is 9.10. The zero-order valence-electron chi connectivity index (χ0n) is 13.0. The van der Waals surface area contributed by atoms with Crippen molar-refractivity contribution in [1.82, 2.24) is 0 Å². The molecule has 0 spiro atoms. The van der Waals surface area contributed by atoms with Crippen LogP contribution in [0.4, 0.5) is 11.4 Å². The van der Waals surface area contributed by atoms with Crippen molar-refractivity contribution in [3.8, 4) is 0 Å². The summed E-state index contributed by atoms with van der Waals surface area (Å²) in [5, 5.41) is 3.22. The zero-order valence-corrected chi connectivity index (χ0v) is 14.6. The van der Waals surface area contributed by atoms with Gasteiger partial charge in [-0.15, -0.1) is 0 Å². The van der Waals surface area contributed by atoms with Crippen LogP contribution in [0.5, 0.6) is 0 Å². The number of nitrogens with one attached hydrogen (secondary N) is 1. The molecule has 1 saturated heterocycles. The van der Waals surface area contributed by atoms with Crippen LogP contribution in [0.15, 0.2) is 46.9 Å². The van der Waals surface area contributed by atoms with Gasteiger partial charge in [0.25, 0.3) is 5.91 Å². The number of imide groups is 1. The molecule has 0 saturated carbocycles. The molecule has 3 rings (SSSR count). The third kappa shape index (κ3) is 3.15. The zero-order chi connectivity index (χ0) is 16.6. The van der Waals surface area contributed by atoms with E-state index in [1.54, 1.807) is 12.1 Å². The number of amides is 2. The Kier molecular flexibility index (Phi) is 4.22. The Morgan fingerprint density at radius 2 is 1.78 bits per heavy atom. The van der Waals surface area contributed by atoms with E-state index >= 15 is 0 Å². The number of rotatable bonds is 3. The minimum Gasteiger partial charge on any atom is -0.373 e. The first kappa shape index (κ1) is 15.7. The summed E-state index contributed by atoms with van der Waals surface area (Å²) in [6, 6.07) is 12.7. The van der Waals surface area contributed by atoms with Crippen molar-refractivity contribution in [3.63, 3.8) is 0 Å². The maximum atomic E-state index is 12.6. The van der Waals surface area contributed by atoms with Crippen molar-refractivity contribution >= 4 is 39.1 Å². The maximum Gasteiger partial charge on any atom is 0.256 e. The van der Waals surface area contributed by atoms with E-state index in [2.05, 4.69) is 21.2 Å². The Balaban J connectivity index is 1.83. The molecule has 23 heavy (non-hydrogen) atoms. The van der Waals surface area contributed by atoms with Crippen molar-refractivity contribution in [1.29, 1.82) is 0 Å². The van der Waals surface area contributed by atoms with Gasteiger partial charge in [-0.1, -0.05) is 28.1 Å². The maximum absolute atomic E-state index is 12.6.